The number of carbonyl (C=O) groups is 2. The molecule has 5 N–H and O–H groups in total. The van der Waals surface area contributed by atoms with Crippen molar-refractivity contribution in [2.75, 3.05) is 31.6 Å². The van der Waals surface area contributed by atoms with Gasteiger partial charge in [0.2, 0.25) is 5.91 Å². The summed E-state index contributed by atoms with van der Waals surface area (Å²) >= 11 is 12.3. The van der Waals surface area contributed by atoms with E-state index in [0.717, 1.165) is 0 Å². The normalized spacial score (nSPS) is 24.4. The second kappa shape index (κ2) is 11.9. The fourth-order valence-electron chi connectivity index (χ4n) is 6.15. The SMILES string of the molecule is CC(C)(C)C[C@H]1N[C@@H](C(=O)NCCC(CO)CO)[C@H](c2cccc(Cl)c2F)[C@@]12C(=O)CNc1cc(Cl)c(F)cc12. The molecule has 0 radical (unpaired) electrons. The molecule has 11 heteroatoms. The minimum absolute atomic E-state index is 0.0664. The van der Waals surface area contributed by atoms with Crippen LogP contribution < -0.4 is 16.0 Å². The number of halogens is 4. The summed E-state index contributed by atoms with van der Waals surface area (Å²) in [5, 5.41) is 27.7. The molecule has 2 aromatic carbocycles. The summed E-state index contributed by atoms with van der Waals surface area (Å²) in [5.41, 5.74) is -1.07. The molecule has 2 heterocycles. The predicted molar refractivity (Wildman–Crippen MR) is 151 cm³/mol. The smallest absolute Gasteiger partial charge is 0.237 e. The van der Waals surface area contributed by atoms with Gasteiger partial charge in [0.25, 0.3) is 0 Å². The van der Waals surface area contributed by atoms with Gasteiger partial charge in [-0.05, 0) is 47.6 Å². The highest BCUT2D eigenvalue weighted by molar-refractivity contribution is 6.31. The molecule has 1 fully saturated rings. The lowest BCUT2D eigenvalue weighted by molar-refractivity contribution is -0.125. The molecule has 7 nitrogen and oxygen atoms in total. The number of carbonyl (C=O) groups excluding carboxylic acids is 2. The third-order valence-corrected chi connectivity index (χ3v) is 8.53. The van der Waals surface area contributed by atoms with E-state index in [1.165, 1.54) is 24.3 Å². The maximum atomic E-state index is 15.8. The number of rotatable bonds is 8. The molecule has 0 unspecified atom stereocenters. The van der Waals surface area contributed by atoms with Crippen molar-refractivity contribution in [2.45, 2.75) is 57.0 Å². The van der Waals surface area contributed by atoms with Gasteiger partial charge in [0.05, 0.1) is 28.0 Å². The number of hydrogen-bond acceptors (Lipinski definition) is 6. The first-order valence-electron chi connectivity index (χ1n) is 13.3. The molecule has 0 saturated carbocycles. The van der Waals surface area contributed by atoms with Gasteiger partial charge in [-0.25, -0.2) is 8.78 Å². The summed E-state index contributed by atoms with van der Waals surface area (Å²) < 4.78 is 30.9. The van der Waals surface area contributed by atoms with Crippen LogP contribution in [0.1, 0.15) is 50.7 Å². The summed E-state index contributed by atoms with van der Waals surface area (Å²) in [6.45, 7) is 5.50. The standard InChI is InChI=1S/C29H35Cl2F2N3O4/c1-28(2,3)11-22-29(17-9-20(32)19(31)10-21(17)35-12-23(29)39)24(16-5-4-6-18(30)25(16)33)26(36-22)27(40)34-8-7-15(13-37)14-38/h4-6,9-10,15,22,24,26,35-38H,7-8,11-14H2,1-3H3,(H,34,40)/t22-,24+,26-,29-/m1/s1. The average Bonchev–Trinajstić information content (AvgIpc) is 3.21. The molecule has 218 valence electrons. The van der Waals surface area contributed by atoms with E-state index in [4.69, 9.17) is 23.2 Å². The summed E-state index contributed by atoms with van der Waals surface area (Å²) in [7, 11) is 0. The summed E-state index contributed by atoms with van der Waals surface area (Å²) in [6, 6.07) is 5.31. The Morgan fingerprint density at radius 3 is 2.52 bits per heavy atom. The Labute approximate surface area is 242 Å². The molecule has 4 atom stereocenters. The zero-order valence-corrected chi connectivity index (χ0v) is 24.2. The number of Topliss-reactive ketones (excluding diaryl/α,β-unsaturated/α-hetero) is 1. The van der Waals surface area contributed by atoms with Crippen molar-refractivity contribution in [3.63, 3.8) is 0 Å². The number of aliphatic hydroxyl groups is 2. The van der Waals surface area contributed by atoms with Crippen molar-refractivity contribution in [3.05, 3.63) is 63.1 Å². The second-order valence-corrected chi connectivity index (χ2v) is 12.7. The van der Waals surface area contributed by atoms with Crippen molar-refractivity contribution in [1.82, 2.24) is 10.6 Å². The molecule has 40 heavy (non-hydrogen) atoms. The van der Waals surface area contributed by atoms with Crippen LogP contribution in [-0.2, 0) is 15.0 Å². The van der Waals surface area contributed by atoms with Gasteiger partial charge in [0, 0.05) is 43.3 Å². The molecule has 0 aromatic heterocycles. The molecular formula is C29H35Cl2F2N3O4. The number of aliphatic hydroxyl groups excluding tert-OH is 2. The Kier molecular flexibility index (Phi) is 9.12. The van der Waals surface area contributed by atoms with Crippen LogP contribution in [0.5, 0.6) is 0 Å². The van der Waals surface area contributed by atoms with E-state index in [1.807, 2.05) is 20.8 Å². The molecule has 1 amide bonds. The Bertz CT molecular complexity index is 1280. The maximum absolute atomic E-state index is 15.8. The molecular weight excluding hydrogens is 563 g/mol. The van der Waals surface area contributed by atoms with Crippen LogP contribution >= 0.6 is 23.2 Å². The molecule has 1 saturated heterocycles. The zero-order chi connectivity index (χ0) is 29.4. The zero-order valence-electron chi connectivity index (χ0n) is 22.7. The molecule has 2 aliphatic heterocycles. The van der Waals surface area contributed by atoms with Crippen molar-refractivity contribution >= 4 is 40.6 Å². The molecule has 0 aliphatic carbocycles. The van der Waals surface area contributed by atoms with Gasteiger partial charge in [0.15, 0.2) is 5.78 Å². The average molecular weight is 599 g/mol. The van der Waals surface area contributed by atoms with E-state index in [0.29, 0.717) is 24.1 Å². The van der Waals surface area contributed by atoms with Crippen molar-refractivity contribution in [3.8, 4) is 0 Å². The Balaban J connectivity index is 1.93. The van der Waals surface area contributed by atoms with Crippen molar-refractivity contribution in [2.24, 2.45) is 11.3 Å². The number of nitrogens with one attached hydrogen (secondary N) is 3. The molecule has 2 aliphatic rings. The quantitative estimate of drug-likeness (QED) is 0.312. The van der Waals surface area contributed by atoms with Crippen LogP contribution in [0.25, 0.3) is 0 Å². The number of benzene rings is 2. The van der Waals surface area contributed by atoms with Crippen LogP contribution in [0.3, 0.4) is 0 Å². The lowest BCUT2D eigenvalue weighted by Crippen LogP contribution is -2.55. The van der Waals surface area contributed by atoms with Crippen LogP contribution in [0, 0.1) is 23.0 Å². The summed E-state index contributed by atoms with van der Waals surface area (Å²) in [5.74, 6) is -3.79. The Morgan fingerprint density at radius 2 is 1.88 bits per heavy atom. The highest BCUT2D eigenvalue weighted by Gasteiger charge is 2.64. The Hall–Kier alpha value is -2.30. The van der Waals surface area contributed by atoms with Gasteiger partial charge in [-0.15, -0.1) is 0 Å². The summed E-state index contributed by atoms with van der Waals surface area (Å²) in [6.07, 6.45) is 0.718. The number of ketones is 1. The lowest BCUT2D eigenvalue weighted by atomic mass is 9.58. The van der Waals surface area contributed by atoms with Crippen LogP contribution in [-0.4, -0.2) is 60.3 Å². The molecule has 0 bridgehead atoms. The molecule has 2 aromatic rings. The number of amides is 1. The lowest BCUT2D eigenvalue weighted by Gasteiger charge is -2.45. The first-order chi connectivity index (χ1) is 18.8. The molecule has 1 spiro atoms. The second-order valence-electron chi connectivity index (χ2n) is 11.9. The van der Waals surface area contributed by atoms with Crippen LogP contribution in [0.15, 0.2) is 30.3 Å². The molecule has 4 rings (SSSR count). The Morgan fingerprint density at radius 1 is 1.18 bits per heavy atom. The highest BCUT2D eigenvalue weighted by atomic mass is 35.5. The maximum Gasteiger partial charge on any atom is 0.237 e. The fourth-order valence-corrected chi connectivity index (χ4v) is 6.49. The van der Waals surface area contributed by atoms with E-state index in [1.54, 1.807) is 6.07 Å². The predicted octanol–water partition coefficient (Wildman–Crippen LogP) is 4.17. The third kappa shape index (κ3) is 5.59. The number of hydrogen-bond donors (Lipinski definition) is 5. The minimum Gasteiger partial charge on any atom is -0.396 e. The topological polar surface area (TPSA) is 111 Å². The monoisotopic (exact) mass is 597 g/mol. The van der Waals surface area contributed by atoms with E-state index >= 15 is 8.78 Å². The van der Waals surface area contributed by atoms with E-state index in [9.17, 15) is 19.8 Å². The summed E-state index contributed by atoms with van der Waals surface area (Å²) in [4.78, 5) is 28.0. The van der Waals surface area contributed by atoms with E-state index in [-0.39, 0.29) is 53.1 Å². The van der Waals surface area contributed by atoms with Gasteiger partial charge in [0.1, 0.15) is 11.6 Å². The van der Waals surface area contributed by atoms with E-state index in [2.05, 4.69) is 16.0 Å². The first-order valence-corrected chi connectivity index (χ1v) is 14.1. The van der Waals surface area contributed by atoms with E-state index < -0.39 is 46.9 Å². The van der Waals surface area contributed by atoms with Gasteiger partial charge < -0.3 is 26.2 Å². The number of anilines is 1. The largest absolute Gasteiger partial charge is 0.396 e. The number of fused-ring (bicyclic) bond motifs is 2. The van der Waals surface area contributed by atoms with Crippen molar-refractivity contribution in [1.29, 1.82) is 0 Å². The van der Waals surface area contributed by atoms with Gasteiger partial charge in [-0.1, -0.05) is 56.1 Å². The highest BCUT2D eigenvalue weighted by Crippen LogP contribution is 2.56. The first kappa shape index (κ1) is 30.7. The third-order valence-electron chi connectivity index (χ3n) is 7.94. The van der Waals surface area contributed by atoms with Crippen LogP contribution in [0.2, 0.25) is 10.0 Å². The minimum atomic E-state index is -1.54. The van der Waals surface area contributed by atoms with Gasteiger partial charge >= 0.3 is 0 Å². The van der Waals surface area contributed by atoms with Crippen molar-refractivity contribution < 1.29 is 28.6 Å². The van der Waals surface area contributed by atoms with Crippen LogP contribution in [0.4, 0.5) is 14.5 Å². The van der Waals surface area contributed by atoms with Gasteiger partial charge in [-0.3, -0.25) is 9.59 Å². The fraction of sp³-hybridized carbons (Fsp3) is 0.517. The van der Waals surface area contributed by atoms with Gasteiger partial charge in [-0.2, -0.15) is 0 Å².